The maximum absolute atomic E-state index is 12.3. The van der Waals surface area contributed by atoms with Gasteiger partial charge in [-0.15, -0.1) is 0 Å². The molecule has 1 heterocycles. The molecule has 1 aromatic rings. The smallest absolute Gasteiger partial charge is 0.299 e. The number of benzene rings is 1. The zero-order valence-electron chi connectivity index (χ0n) is 11.4. The van der Waals surface area contributed by atoms with E-state index < -0.39 is 16.4 Å². The zero-order chi connectivity index (χ0) is 13.9. The highest BCUT2D eigenvalue weighted by Crippen LogP contribution is 2.24. The Bertz CT molecular complexity index is 530. The summed E-state index contributed by atoms with van der Waals surface area (Å²) in [5, 5.41) is 0. The fraction of sp³-hybridized carbons (Fsp3) is 0.571. The van der Waals surface area contributed by atoms with Crippen LogP contribution in [0.5, 0.6) is 0 Å². The Kier molecular flexibility index (Phi) is 4.60. The van der Waals surface area contributed by atoms with Crippen molar-refractivity contribution in [3.63, 3.8) is 0 Å². The van der Waals surface area contributed by atoms with Crippen molar-refractivity contribution in [2.75, 3.05) is 6.61 Å². The van der Waals surface area contributed by atoms with Crippen LogP contribution in [-0.4, -0.2) is 21.3 Å². The van der Waals surface area contributed by atoms with E-state index in [0.29, 0.717) is 19.4 Å². The van der Waals surface area contributed by atoms with Gasteiger partial charge in [0.1, 0.15) is 0 Å². The molecule has 0 radical (unpaired) electrons. The van der Waals surface area contributed by atoms with E-state index in [0.717, 1.165) is 24.0 Å². The molecule has 106 valence electrons. The Balaban J connectivity index is 2.23. The molecule has 1 unspecified atom stereocenters. The lowest BCUT2D eigenvalue weighted by atomic mass is 10.1. The van der Waals surface area contributed by atoms with Crippen molar-refractivity contribution < 1.29 is 17.3 Å². The molecular weight excluding hydrogens is 264 g/mol. The number of aryl methyl sites for hydroxylation is 2. The Hall–Kier alpha value is -0.910. The van der Waals surface area contributed by atoms with Gasteiger partial charge in [0.05, 0.1) is 4.90 Å². The van der Waals surface area contributed by atoms with Gasteiger partial charge in [0, 0.05) is 6.61 Å². The van der Waals surface area contributed by atoms with Crippen LogP contribution in [0.4, 0.5) is 0 Å². The van der Waals surface area contributed by atoms with Crippen LogP contribution >= 0.6 is 0 Å². The van der Waals surface area contributed by atoms with Gasteiger partial charge in [-0.1, -0.05) is 24.6 Å². The molecule has 1 atom stereocenters. The second-order valence-corrected chi connectivity index (χ2v) is 6.35. The van der Waals surface area contributed by atoms with Crippen LogP contribution in [0.3, 0.4) is 0 Å². The van der Waals surface area contributed by atoms with E-state index in [2.05, 4.69) is 0 Å². The molecule has 0 aromatic heterocycles. The molecule has 0 spiro atoms. The standard InChI is InChI=1S/C14H20O4S/c1-3-12-10-11(2)7-8-13(12)19(15,16)18-14-6-4-5-9-17-14/h7-8,10,14H,3-6,9H2,1-2H3. The Morgan fingerprint density at radius 1 is 1.37 bits per heavy atom. The summed E-state index contributed by atoms with van der Waals surface area (Å²) in [7, 11) is -3.74. The van der Waals surface area contributed by atoms with Crippen LogP contribution in [0.1, 0.15) is 37.3 Å². The summed E-state index contributed by atoms with van der Waals surface area (Å²) in [5.74, 6) is 0. The zero-order valence-corrected chi connectivity index (χ0v) is 12.2. The average molecular weight is 284 g/mol. The Labute approximate surface area is 114 Å². The minimum absolute atomic E-state index is 0.259. The molecule has 0 amide bonds. The Morgan fingerprint density at radius 3 is 2.79 bits per heavy atom. The summed E-state index contributed by atoms with van der Waals surface area (Å²) in [6, 6.07) is 5.29. The topological polar surface area (TPSA) is 52.6 Å². The summed E-state index contributed by atoms with van der Waals surface area (Å²) in [6.07, 6.45) is 2.56. The van der Waals surface area contributed by atoms with E-state index in [4.69, 9.17) is 8.92 Å². The summed E-state index contributed by atoms with van der Waals surface area (Å²) < 4.78 is 35.1. The summed E-state index contributed by atoms with van der Waals surface area (Å²) in [5.41, 5.74) is 1.83. The van der Waals surface area contributed by atoms with Crippen molar-refractivity contribution >= 4 is 10.1 Å². The lowest BCUT2D eigenvalue weighted by Crippen LogP contribution is -2.26. The Morgan fingerprint density at radius 2 is 2.16 bits per heavy atom. The first kappa shape index (κ1) is 14.5. The van der Waals surface area contributed by atoms with Gasteiger partial charge in [0.15, 0.2) is 6.29 Å². The molecule has 0 N–H and O–H groups in total. The van der Waals surface area contributed by atoms with Crippen LogP contribution in [0.15, 0.2) is 23.1 Å². The highest BCUT2D eigenvalue weighted by atomic mass is 32.2. The van der Waals surface area contributed by atoms with Gasteiger partial charge in [-0.05, 0) is 44.2 Å². The van der Waals surface area contributed by atoms with E-state index in [9.17, 15) is 8.42 Å². The van der Waals surface area contributed by atoms with Gasteiger partial charge in [-0.3, -0.25) is 0 Å². The van der Waals surface area contributed by atoms with Crippen molar-refractivity contribution in [3.8, 4) is 0 Å². The van der Waals surface area contributed by atoms with Crippen LogP contribution < -0.4 is 0 Å². The van der Waals surface area contributed by atoms with Crippen molar-refractivity contribution in [2.24, 2.45) is 0 Å². The summed E-state index contributed by atoms with van der Waals surface area (Å²) in [6.45, 7) is 4.44. The van der Waals surface area contributed by atoms with Crippen LogP contribution in [0.2, 0.25) is 0 Å². The fourth-order valence-electron chi connectivity index (χ4n) is 2.21. The maximum Gasteiger partial charge on any atom is 0.299 e. The molecule has 1 aromatic carbocycles. The molecule has 1 fully saturated rings. The second kappa shape index (κ2) is 6.03. The predicted molar refractivity (Wildman–Crippen MR) is 72.4 cm³/mol. The molecule has 0 saturated carbocycles. The first-order valence-electron chi connectivity index (χ1n) is 6.67. The lowest BCUT2D eigenvalue weighted by Gasteiger charge is -2.22. The molecular formula is C14H20O4S. The summed E-state index contributed by atoms with van der Waals surface area (Å²) in [4.78, 5) is 0.259. The lowest BCUT2D eigenvalue weighted by molar-refractivity contribution is -0.102. The number of hydrogen-bond acceptors (Lipinski definition) is 4. The maximum atomic E-state index is 12.3. The molecule has 2 rings (SSSR count). The third-order valence-corrected chi connectivity index (χ3v) is 4.64. The number of ether oxygens (including phenoxy) is 1. The van der Waals surface area contributed by atoms with Gasteiger partial charge in [0.25, 0.3) is 10.1 Å². The molecule has 1 aliphatic heterocycles. The third kappa shape index (κ3) is 3.55. The summed E-state index contributed by atoms with van der Waals surface area (Å²) >= 11 is 0. The molecule has 1 saturated heterocycles. The molecule has 4 nitrogen and oxygen atoms in total. The van der Waals surface area contributed by atoms with Crippen LogP contribution in [-0.2, 0) is 25.5 Å². The number of hydrogen-bond donors (Lipinski definition) is 0. The van der Waals surface area contributed by atoms with Crippen LogP contribution in [0.25, 0.3) is 0 Å². The fourth-order valence-corrected chi connectivity index (χ4v) is 3.51. The highest BCUT2D eigenvalue weighted by molar-refractivity contribution is 7.86. The molecule has 19 heavy (non-hydrogen) atoms. The van der Waals surface area contributed by atoms with E-state index in [1.54, 1.807) is 12.1 Å². The predicted octanol–water partition coefficient (Wildman–Crippen LogP) is 2.79. The highest BCUT2D eigenvalue weighted by Gasteiger charge is 2.25. The van der Waals surface area contributed by atoms with E-state index in [1.807, 2.05) is 19.9 Å². The van der Waals surface area contributed by atoms with Crippen molar-refractivity contribution in [2.45, 2.75) is 50.7 Å². The van der Waals surface area contributed by atoms with Crippen molar-refractivity contribution in [1.29, 1.82) is 0 Å². The van der Waals surface area contributed by atoms with E-state index >= 15 is 0 Å². The quantitative estimate of drug-likeness (QED) is 0.798. The van der Waals surface area contributed by atoms with Gasteiger partial charge >= 0.3 is 0 Å². The van der Waals surface area contributed by atoms with E-state index in [1.165, 1.54) is 0 Å². The van der Waals surface area contributed by atoms with Crippen LogP contribution in [0, 0.1) is 6.92 Å². The second-order valence-electron chi connectivity index (χ2n) is 4.81. The molecule has 5 heteroatoms. The first-order valence-corrected chi connectivity index (χ1v) is 8.08. The van der Waals surface area contributed by atoms with Gasteiger partial charge in [-0.25, -0.2) is 4.18 Å². The van der Waals surface area contributed by atoms with Gasteiger partial charge in [-0.2, -0.15) is 8.42 Å². The van der Waals surface area contributed by atoms with Crippen molar-refractivity contribution in [3.05, 3.63) is 29.3 Å². The average Bonchev–Trinajstić information content (AvgIpc) is 2.38. The third-order valence-electron chi connectivity index (χ3n) is 3.24. The van der Waals surface area contributed by atoms with Gasteiger partial charge in [0.2, 0.25) is 0 Å². The minimum atomic E-state index is -3.74. The molecule has 0 aliphatic carbocycles. The number of rotatable bonds is 4. The molecule has 0 bridgehead atoms. The van der Waals surface area contributed by atoms with Crippen molar-refractivity contribution in [1.82, 2.24) is 0 Å². The monoisotopic (exact) mass is 284 g/mol. The first-order chi connectivity index (χ1) is 9.03. The SMILES string of the molecule is CCc1cc(C)ccc1S(=O)(=O)OC1CCCCO1. The van der Waals surface area contributed by atoms with E-state index in [-0.39, 0.29) is 4.90 Å². The van der Waals surface area contributed by atoms with Gasteiger partial charge < -0.3 is 4.74 Å². The normalized spacial score (nSPS) is 20.4. The minimum Gasteiger partial charge on any atom is -0.351 e. The molecule has 1 aliphatic rings. The largest absolute Gasteiger partial charge is 0.351 e.